The van der Waals surface area contributed by atoms with Gasteiger partial charge in [-0.15, -0.1) is 0 Å². The second-order valence-electron chi connectivity index (χ2n) is 4.97. The zero-order valence-corrected chi connectivity index (χ0v) is 12.3. The van der Waals surface area contributed by atoms with Crippen LogP contribution in [0.4, 0.5) is 0 Å². The highest BCUT2D eigenvalue weighted by atomic mass is 16.5. The Bertz CT molecular complexity index is 326. The van der Waals surface area contributed by atoms with Crippen LogP contribution in [0.3, 0.4) is 0 Å². The standard InChI is InChI=1S/C14H26N2O3/c1-12(2)9-15-6-4-5-14-16-10-13(19-14)11-18-8-7-17-3/h10,12,15H,4-9,11H2,1-3H3. The maximum Gasteiger partial charge on any atom is 0.194 e. The molecule has 0 aliphatic heterocycles. The molecule has 1 rings (SSSR count). The van der Waals surface area contributed by atoms with Gasteiger partial charge in [-0.3, -0.25) is 0 Å². The fourth-order valence-corrected chi connectivity index (χ4v) is 1.60. The van der Waals surface area contributed by atoms with Gasteiger partial charge in [0.15, 0.2) is 5.89 Å². The molecule has 0 aliphatic carbocycles. The third-order valence-electron chi connectivity index (χ3n) is 2.57. The van der Waals surface area contributed by atoms with Crippen LogP contribution >= 0.6 is 0 Å². The molecule has 0 fully saturated rings. The molecule has 0 saturated carbocycles. The van der Waals surface area contributed by atoms with Crippen molar-refractivity contribution in [3.63, 3.8) is 0 Å². The van der Waals surface area contributed by atoms with Crippen LogP contribution in [0.15, 0.2) is 10.6 Å². The zero-order valence-electron chi connectivity index (χ0n) is 12.3. The van der Waals surface area contributed by atoms with E-state index < -0.39 is 0 Å². The number of aryl methyl sites for hydroxylation is 1. The summed E-state index contributed by atoms with van der Waals surface area (Å²) in [6.07, 6.45) is 3.64. The lowest BCUT2D eigenvalue weighted by molar-refractivity contribution is 0.0534. The van der Waals surface area contributed by atoms with Crippen molar-refractivity contribution >= 4 is 0 Å². The molecule has 1 aromatic rings. The highest BCUT2D eigenvalue weighted by molar-refractivity contribution is 4.92. The van der Waals surface area contributed by atoms with Crippen molar-refractivity contribution in [3.8, 4) is 0 Å². The van der Waals surface area contributed by atoms with Gasteiger partial charge in [0.1, 0.15) is 12.4 Å². The van der Waals surface area contributed by atoms with E-state index in [2.05, 4.69) is 24.1 Å². The second kappa shape index (κ2) is 9.95. The molecule has 1 aromatic heterocycles. The van der Waals surface area contributed by atoms with Gasteiger partial charge in [0.25, 0.3) is 0 Å². The number of rotatable bonds is 11. The Hall–Kier alpha value is -0.910. The Kier molecular flexibility index (Phi) is 8.45. The van der Waals surface area contributed by atoms with E-state index in [1.807, 2.05) is 0 Å². The number of hydrogen-bond donors (Lipinski definition) is 1. The van der Waals surface area contributed by atoms with E-state index in [0.29, 0.717) is 25.7 Å². The Morgan fingerprint density at radius 3 is 2.95 bits per heavy atom. The van der Waals surface area contributed by atoms with E-state index in [0.717, 1.165) is 37.6 Å². The molecule has 0 bridgehead atoms. The molecule has 0 unspecified atom stereocenters. The number of oxazole rings is 1. The zero-order chi connectivity index (χ0) is 13.9. The van der Waals surface area contributed by atoms with Crippen molar-refractivity contribution in [3.05, 3.63) is 17.8 Å². The molecular formula is C14H26N2O3. The molecule has 0 atom stereocenters. The molecule has 0 radical (unpaired) electrons. The minimum atomic E-state index is 0.460. The van der Waals surface area contributed by atoms with Gasteiger partial charge in [0, 0.05) is 13.5 Å². The predicted octanol–water partition coefficient (Wildman–Crippen LogP) is 2.02. The van der Waals surface area contributed by atoms with Gasteiger partial charge in [-0.2, -0.15) is 0 Å². The summed E-state index contributed by atoms with van der Waals surface area (Å²) in [4.78, 5) is 4.24. The molecule has 0 aliphatic rings. The number of hydrogen-bond acceptors (Lipinski definition) is 5. The van der Waals surface area contributed by atoms with Crippen molar-refractivity contribution in [2.45, 2.75) is 33.3 Å². The number of ether oxygens (including phenoxy) is 2. The van der Waals surface area contributed by atoms with Crippen LogP contribution in [0.5, 0.6) is 0 Å². The van der Waals surface area contributed by atoms with Gasteiger partial charge >= 0.3 is 0 Å². The van der Waals surface area contributed by atoms with E-state index in [4.69, 9.17) is 13.9 Å². The van der Waals surface area contributed by atoms with E-state index in [-0.39, 0.29) is 0 Å². The monoisotopic (exact) mass is 270 g/mol. The molecule has 0 saturated heterocycles. The Balaban J connectivity index is 2.09. The third-order valence-corrected chi connectivity index (χ3v) is 2.57. The second-order valence-corrected chi connectivity index (χ2v) is 4.97. The van der Waals surface area contributed by atoms with E-state index in [1.165, 1.54) is 0 Å². The molecule has 110 valence electrons. The fourth-order valence-electron chi connectivity index (χ4n) is 1.60. The first-order chi connectivity index (χ1) is 9.22. The van der Waals surface area contributed by atoms with E-state index in [9.17, 15) is 0 Å². The maximum absolute atomic E-state index is 5.59. The highest BCUT2D eigenvalue weighted by Crippen LogP contribution is 2.07. The van der Waals surface area contributed by atoms with Crippen molar-refractivity contribution < 1.29 is 13.9 Å². The topological polar surface area (TPSA) is 56.5 Å². The Morgan fingerprint density at radius 2 is 2.21 bits per heavy atom. The summed E-state index contributed by atoms with van der Waals surface area (Å²) in [5.74, 6) is 2.26. The first kappa shape index (κ1) is 16.1. The minimum Gasteiger partial charge on any atom is -0.443 e. The summed E-state index contributed by atoms with van der Waals surface area (Å²) in [6.45, 7) is 8.11. The van der Waals surface area contributed by atoms with Crippen LogP contribution in [0.2, 0.25) is 0 Å². The van der Waals surface area contributed by atoms with Gasteiger partial charge in [-0.05, 0) is 25.4 Å². The van der Waals surface area contributed by atoms with Crippen molar-refractivity contribution in [2.24, 2.45) is 5.92 Å². The summed E-state index contributed by atoms with van der Waals surface area (Å²) in [5, 5.41) is 3.40. The van der Waals surface area contributed by atoms with Crippen molar-refractivity contribution in [1.82, 2.24) is 10.3 Å². The van der Waals surface area contributed by atoms with Gasteiger partial charge < -0.3 is 19.2 Å². The Labute approximate surface area is 115 Å². The van der Waals surface area contributed by atoms with Gasteiger partial charge in [0.2, 0.25) is 0 Å². The van der Waals surface area contributed by atoms with E-state index in [1.54, 1.807) is 13.3 Å². The average Bonchev–Trinajstić information content (AvgIpc) is 2.82. The molecule has 0 amide bonds. The lowest BCUT2D eigenvalue weighted by atomic mass is 10.2. The molecular weight excluding hydrogens is 244 g/mol. The molecule has 5 nitrogen and oxygen atoms in total. The summed E-state index contributed by atoms with van der Waals surface area (Å²) in [7, 11) is 1.66. The molecule has 0 spiro atoms. The van der Waals surface area contributed by atoms with Crippen molar-refractivity contribution in [1.29, 1.82) is 0 Å². The summed E-state index contributed by atoms with van der Waals surface area (Å²) >= 11 is 0. The van der Waals surface area contributed by atoms with Gasteiger partial charge in [-0.1, -0.05) is 13.8 Å². The number of aromatic nitrogens is 1. The quantitative estimate of drug-likeness (QED) is 0.623. The Morgan fingerprint density at radius 1 is 1.37 bits per heavy atom. The van der Waals surface area contributed by atoms with Crippen LogP contribution in [-0.4, -0.2) is 38.4 Å². The maximum atomic E-state index is 5.59. The lowest BCUT2D eigenvalue weighted by Gasteiger charge is -2.05. The first-order valence-electron chi connectivity index (χ1n) is 6.93. The first-order valence-corrected chi connectivity index (χ1v) is 6.93. The molecule has 19 heavy (non-hydrogen) atoms. The van der Waals surface area contributed by atoms with Gasteiger partial charge in [-0.25, -0.2) is 4.98 Å². The third kappa shape index (κ3) is 7.97. The number of methoxy groups -OCH3 is 1. The smallest absolute Gasteiger partial charge is 0.194 e. The predicted molar refractivity (Wildman–Crippen MR) is 74.1 cm³/mol. The number of nitrogens with one attached hydrogen (secondary N) is 1. The molecule has 1 heterocycles. The summed E-state index contributed by atoms with van der Waals surface area (Å²) in [6, 6.07) is 0. The molecule has 1 N–H and O–H groups in total. The van der Waals surface area contributed by atoms with Crippen LogP contribution in [-0.2, 0) is 22.5 Å². The van der Waals surface area contributed by atoms with E-state index >= 15 is 0 Å². The van der Waals surface area contributed by atoms with Crippen LogP contribution < -0.4 is 5.32 Å². The lowest BCUT2D eigenvalue weighted by Crippen LogP contribution is -2.21. The van der Waals surface area contributed by atoms with Crippen molar-refractivity contribution in [2.75, 3.05) is 33.4 Å². The average molecular weight is 270 g/mol. The van der Waals surface area contributed by atoms with Crippen LogP contribution in [0, 0.1) is 5.92 Å². The molecule has 0 aromatic carbocycles. The van der Waals surface area contributed by atoms with Crippen LogP contribution in [0.25, 0.3) is 0 Å². The fraction of sp³-hybridized carbons (Fsp3) is 0.786. The highest BCUT2D eigenvalue weighted by Gasteiger charge is 2.04. The van der Waals surface area contributed by atoms with Gasteiger partial charge in [0.05, 0.1) is 19.4 Å². The molecule has 5 heteroatoms. The summed E-state index contributed by atoms with van der Waals surface area (Å²) in [5.41, 5.74) is 0. The van der Waals surface area contributed by atoms with Crippen LogP contribution in [0.1, 0.15) is 31.9 Å². The summed E-state index contributed by atoms with van der Waals surface area (Å²) < 4.78 is 15.9. The normalized spacial score (nSPS) is 11.4. The largest absolute Gasteiger partial charge is 0.443 e. The SMILES string of the molecule is COCCOCc1cnc(CCCNCC(C)C)o1. The minimum absolute atomic E-state index is 0.460. The number of nitrogens with zero attached hydrogens (tertiary/aromatic N) is 1.